The summed E-state index contributed by atoms with van der Waals surface area (Å²) in [6.07, 6.45) is 0.119. The van der Waals surface area contributed by atoms with Gasteiger partial charge in [0.15, 0.2) is 6.04 Å². The van der Waals surface area contributed by atoms with Crippen molar-refractivity contribution in [2.24, 2.45) is 11.7 Å². The number of rotatable bonds is 6. The van der Waals surface area contributed by atoms with Crippen LogP contribution in [0.15, 0.2) is 30.3 Å². The predicted molar refractivity (Wildman–Crippen MR) is 72.4 cm³/mol. The normalized spacial score (nSPS) is 13.9. The quantitative estimate of drug-likeness (QED) is 0.722. The second-order valence-corrected chi connectivity index (χ2v) is 4.86. The van der Waals surface area contributed by atoms with Crippen molar-refractivity contribution in [2.45, 2.75) is 32.4 Å². The van der Waals surface area contributed by atoms with E-state index < -0.39 is 12.0 Å². The van der Waals surface area contributed by atoms with Crippen molar-refractivity contribution in [2.75, 3.05) is 0 Å². The van der Waals surface area contributed by atoms with Crippen LogP contribution in [-0.2, 0) is 9.59 Å². The first-order chi connectivity index (χ1) is 8.91. The van der Waals surface area contributed by atoms with Crippen LogP contribution < -0.4 is 11.1 Å². The zero-order valence-electron chi connectivity index (χ0n) is 11.2. The van der Waals surface area contributed by atoms with Gasteiger partial charge in [0, 0.05) is 12.5 Å². The zero-order chi connectivity index (χ0) is 14.4. The zero-order valence-corrected chi connectivity index (χ0v) is 11.2. The number of carboxylic acids is 1. The highest BCUT2D eigenvalue weighted by Gasteiger charge is 2.23. The summed E-state index contributed by atoms with van der Waals surface area (Å²) in [7, 11) is 0. The molecule has 0 radical (unpaired) electrons. The predicted octanol–water partition coefficient (Wildman–Crippen LogP) is 1.30. The lowest BCUT2D eigenvalue weighted by Gasteiger charge is -2.18. The Morgan fingerprint density at radius 1 is 1.26 bits per heavy atom. The minimum Gasteiger partial charge on any atom is -0.479 e. The molecule has 0 aliphatic rings. The van der Waals surface area contributed by atoms with Crippen LogP contribution in [0.25, 0.3) is 0 Å². The fourth-order valence-corrected chi connectivity index (χ4v) is 1.60. The molecule has 0 saturated heterocycles. The van der Waals surface area contributed by atoms with E-state index in [0.717, 1.165) is 0 Å². The molecule has 1 unspecified atom stereocenters. The van der Waals surface area contributed by atoms with Gasteiger partial charge in [-0.1, -0.05) is 44.2 Å². The summed E-state index contributed by atoms with van der Waals surface area (Å²) in [4.78, 5) is 23.0. The highest BCUT2D eigenvalue weighted by molar-refractivity contribution is 5.84. The Bertz CT molecular complexity index is 432. The molecule has 5 heteroatoms. The third kappa shape index (κ3) is 4.71. The van der Waals surface area contributed by atoms with Gasteiger partial charge in [-0.25, -0.2) is 4.79 Å². The largest absolute Gasteiger partial charge is 0.479 e. The van der Waals surface area contributed by atoms with Gasteiger partial charge < -0.3 is 16.2 Å². The Balaban J connectivity index is 2.70. The molecule has 1 rings (SSSR count). The van der Waals surface area contributed by atoms with E-state index in [1.54, 1.807) is 30.3 Å². The molecule has 104 valence electrons. The van der Waals surface area contributed by atoms with Gasteiger partial charge in [-0.2, -0.15) is 0 Å². The third-order valence-electron chi connectivity index (χ3n) is 2.96. The van der Waals surface area contributed by atoms with Crippen LogP contribution in [0.3, 0.4) is 0 Å². The number of nitrogens with one attached hydrogen (secondary N) is 1. The maximum atomic E-state index is 11.8. The first-order valence-electron chi connectivity index (χ1n) is 6.24. The maximum Gasteiger partial charge on any atom is 0.330 e. The van der Waals surface area contributed by atoms with E-state index in [4.69, 9.17) is 5.73 Å². The van der Waals surface area contributed by atoms with Crippen molar-refractivity contribution < 1.29 is 14.7 Å². The van der Waals surface area contributed by atoms with Crippen molar-refractivity contribution in [1.82, 2.24) is 5.32 Å². The summed E-state index contributed by atoms with van der Waals surface area (Å²) in [5.41, 5.74) is 6.34. The molecule has 5 nitrogen and oxygen atoms in total. The molecule has 0 spiro atoms. The summed E-state index contributed by atoms with van der Waals surface area (Å²) >= 11 is 0. The Morgan fingerprint density at radius 2 is 1.84 bits per heavy atom. The molecule has 0 aliphatic carbocycles. The molecule has 0 aliphatic heterocycles. The molecule has 0 fully saturated rings. The van der Waals surface area contributed by atoms with Crippen molar-refractivity contribution >= 4 is 11.9 Å². The Kier molecular flexibility index (Phi) is 5.51. The van der Waals surface area contributed by atoms with Crippen molar-refractivity contribution in [3.8, 4) is 0 Å². The molecule has 0 saturated carbocycles. The Labute approximate surface area is 112 Å². The van der Waals surface area contributed by atoms with Crippen LogP contribution in [0.1, 0.15) is 31.9 Å². The van der Waals surface area contributed by atoms with E-state index in [9.17, 15) is 14.7 Å². The Hall–Kier alpha value is -1.88. The van der Waals surface area contributed by atoms with Crippen molar-refractivity contribution in [3.63, 3.8) is 0 Å². The smallest absolute Gasteiger partial charge is 0.330 e. The highest BCUT2D eigenvalue weighted by Crippen LogP contribution is 2.13. The third-order valence-corrected chi connectivity index (χ3v) is 2.96. The topological polar surface area (TPSA) is 92.4 Å². The lowest BCUT2D eigenvalue weighted by Crippen LogP contribution is -2.38. The first kappa shape index (κ1) is 15.2. The van der Waals surface area contributed by atoms with Gasteiger partial charge >= 0.3 is 5.97 Å². The first-order valence-corrected chi connectivity index (χ1v) is 6.24. The van der Waals surface area contributed by atoms with Gasteiger partial charge in [-0.05, 0) is 11.5 Å². The second kappa shape index (κ2) is 6.89. The summed E-state index contributed by atoms with van der Waals surface area (Å²) < 4.78 is 0. The van der Waals surface area contributed by atoms with Gasteiger partial charge in [0.25, 0.3) is 0 Å². The molecule has 0 aromatic heterocycles. The van der Waals surface area contributed by atoms with Gasteiger partial charge in [0.2, 0.25) is 5.91 Å². The standard InChI is InChI=1S/C14H20N2O3/c1-9(2)11(15)8-12(17)16-13(14(18)19)10-6-4-3-5-7-10/h3-7,9,11,13H,8,15H2,1-2H3,(H,16,17)(H,18,19)/t11?,13-/m1/s1. The molecule has 4 N–H and O–H groups in total. The molecule has 1 amide bonds. The summed E-state index contributed by atoms with van der Waals surface area (Å²) in [6.45, 7) is 3.84. The summed E-state index contributed by atoms with van der Waals surface area (Å²) in [5.74, 6) is -1.26. The number of carbonyl (C=O) groups excluding carboxylic acids is 1. The number of amides is 1. The average Bonchev–Trinajstić information content (AvgIpc) is 2.36. The molecule has 19 heavy (non-hydrogen) atoms. The van der Waals surface area contributed by atoms with E-state index in [1.165, 1.54) is 0 Å². The summed E-state index contributed by atoms with van der Waals surface area (Å²) in [5, 5.41) is 11.7. The fourth-order valence-electron chi connectivity index (χ4n) is 1.60. The number of hydrogen-bond donors (Lipinski definition) is 3. The monoisotopic (exact) mass is 264 g/mol. The average molecular weight is 264 g/mol. The lowest BCUT2D eigenvalue weighted by atomic mass is 10.0. The van der Waals surface area contributed by atoms with E-state index in [-0.39, 0.29) is 24.3 Å². The molecule has 2 atom stereocenters. The van der Waals surface area contributed by atoms with Gasteiger partial charge in [-0.3, -0.25) is 4.79 Å². The van der Waals surface area contributed by atoms with Crippen LogP contribution in [0.5, 0.6) is 0 Å². The minimum atomic E-state index is -1.09. The lowest BCUT2D eigenvalue weighted by molar-refractivity contribution is -0.142. The molecule has 0 heterocycles. The highest BCUT2D eigenvalue weighted by atomic mass is 16.4. The molecule has 1 aromatic carbocycles. The molecular formula is C14H20N2O3. The number of carbonyl (C=O) groups is 2. The Morgan fingerprint density at radius 3 is 2.32 bits per heavy atom. The number of hydrogen-bond acceptors (Lipinski definition) is 3. The van der Waals surface area contributed by atoms with E-state index >= 15 is 0 Å². The van der Waals surface area contributed by atoms with Gasteiger partial charge in [0.1, 0.15) is 0 Å². The number of nitrogens with two attached hydrogens (primary N) is 1. The number of carboxylic acid groups (broad SMARTS) is 1. The SMILES string of the molecule is CC(C)C(N)CC(=O)N[C@@H](C(=O)O)c1ccccc1. The van der Waals surface area contributed by atoms with E-state index in [2.05, 4.69) is 5.32 Å². The van der Waals surface area contributed by atoms with Crippen LogP contribution in [0, 0.1) is 5.92 Å². The minimum absolute atomic E-state index is 0.119. The molecule has 0 bridgehead atoms. The van der Waals surface area contributed by atoms with E-state index in [0.29, 0.717) is 5.56 Å². The van der Waals surface area contributed by atoms with Gasteiger partial charge in [-0.15, -0.1) is 0 Å². The van der Waals surface area contributed by atoms with Crippen LogP contribution >= 0.6 is 0 Å². The second-order valence-electron chi connectivity index (χ2n) is 4.86. The molecular weight excluding hydrogens is 244 g/mol. The van der Waals surface area contributed by atoms with Gasteiger partial charge in [0.05, 0.1) is 0 Å². The number of aliphatic carboxylic acids is 1. The van der Waals surface area contributed by atoms with Crippen LogP contribution in [0.2, 0.25) is 0 Å². The van der Waals surface area contributed by atoms with E-state index in [1.807, 2.05) is 13.8 Å². The van der Waals surface area contributed by atoms with Crippen LogP contribution in [0.4, 0.5) is 0 Å². The van der Waals surface area contributed by atoms with Crippen molar-refractivity contribution in [1.29, 1.82) is 0 Å². The number of benzene rings is 1. The summed E-state index contributed by atoms with van der Waals surface area (Å²) in [6, 6.07) is 7.29. The van der Waals surface area contributed by atoms with Crippen molar-refractivity contribution in [3.05, 3.63) is 35.9 Å². The van der Waals surface area contributed by atoms with Crippen LogP contribution in [-0.4, -0.2) is 23.0 Å². The molecule has 1 aromatic rings. The maximum absolute atomic E-state index is 11.8. The fraction of sp³-hybridized carbons (Fsp3) is 0.429.